The Hall–Kier alpha value is -2.54. The summed E-state index contributed by atoms with van der Waals surface area (Å²) in [6.45, 7) is 5.38. The summed E-state index contributed by atoms with van der Waals surface area (Å²) in [4.78, 5) is 12.8. The first kappa shape index (κ1) is 16.9. The second-order valence-electron chi connectivity index (χ2n) is 6.98. The van der Waals surface area contributed by atoms with Gasteiger partial charge in [0.25, 0.3) is 0 Å². The number of nitrogen functional groups attached to an aromatic ring is 2. The van der Waals surface area contributed by atoms with Gasteiger partial charge >= 0.3 is 0 Å². The first-order valence-electron chi connectivity index (χ1n) is 9.26. The van der Waals surface area contributed by atoms with Gasteiger partial charge in [-0.2, -0.15) is 4.98 Å². The van der Waals surface area contributed by atoms with Crippen molar-refractivity contribution in [1.29, 1.82) is 0 Å². The van der Waals surface area contributed by atoms with Crippen molar-refractivity contribution in [3.8, 4) is 0 Å². The zero-order valence-electron chi connectivity index (χ0n) is 15.0. The molecule has 3 heterocycles. The summed E-state index contributed by atoms with van der Waals surface area (Å²) in [6.07, 6.45) is 4.09. The summed E-state index contributed by atoms with van der Waals surface area (Å²) < 4.78 is 5.65. The van der Waals surface area contributed by atoms with Crippen LogP contribution in [0.4, 0.5) is 23.1 Å². The van der Waals surface area contributed by atoms with Gasteiger partial charge in [-0.3, -0.25) is 0 Å². The lowest BCUT2D eigenvalue weighted by Crippen LogP contribution is -2.46. The highest BCUT2D eigenvalue weighted by atomic mass is 16.5. The van der Waals surface area contributed by atoms with Gasteiger partial charge in [0.2, 0.25) is 5.95 Å². The van der Waals surface area contributed by atoms with Gasteiger partial charge in [0.05, 0.1) is 18.5 Å². The monoisotopic (exact) mass is 354 g/mol. The molecule has 2 saturated heterocycles. The van der Waals surface area contributed by atoms with Crippen molar-refractivity contribution < 1.29 is 4.74 Å². The van der Waals surface area contributed by atoms with Gasteiger partial charge in [0.1, 0.15) is 0 Å². The van der Waals surface area contributed by atoms with Crippen molar-refractivity contribution in [2.75, 3.05) is 60.7 Å². The predicted octanol–water partition coefficient (Wildman–Crippen LogP) is 1.86. The molecule has 138 valence electrons. The molecule has 7 nitrogen and oxygen atoms in total. The van der Waals surface area contributed by atoms with Crippen LogP contribution in [0, 0.1) is 0 Å². The van der Waals surface area contributed by atoms with Gasteiger partial charge in [-0.05, 0) is 30.5 Å². The summed E-state index contributed by atoms with van der Waals surface area (Å²) in [5, 5.41) is 0. The summed E-state index contributed by atoms with van der Waals surface area (Å²) in [5.41, 5.74) is 15.1. The molecule has 26 heavy (non-hydrogen) atoms. The van der Waals surface area contributed by atoms with E-state index in [-0.39, 0.29) is 5.95 Å². The predicted molar refractivity (Wildman–Crippen MR) is 105 cm³/mol. The molecule has 2 fully saturated rings. The number of hydrogen-bond donors (Lipinski definition) is 2. The van der Waals surface area contributed by atoms with E-state index in [1.54, 1.807) is 6.20 Å². The number of rotatable bonds is 3. The average Bonchev–Trinajstić information content (AvgIpc) is 2.69. The molecule has 2 aliphatic rings. The largest absolute Gasteiger partial charge is 0.382 e. The standard InChI is InChI=1S/C19H26N6O/c20-18-17(12-22-19(21)23-18)25-8-6-24(7-9-25)16-5-1-3-14(11-16)15-4-2-10-26-13-15/h1,3,5,11-12,15H,2,4,6-10,13H2,(H4,20,21,22,23). The second kappa shape index (κ2) is 7.37. The van der Waals surface area contributed by atoms with Crippen LogP contribution in [0.1, 0.15) is 24.3 Å². The van der Waals surface area contributed by atoms with Crippen LogP contribution >= 0.6 is 0 Å². The minimum absolute atomic E-state index is 0.216. The van der Waals surface area contributed by atoms with Crippen LogP contribution in [0.3, 0.4) is 0 Å². The van der Waals surface area contributed by atoms with Crippen molar-refractivity contribution in [3.63, 3.8) is 0 Å². The van der Waals surface area contributed by atoms with E-state index in [2.05, 4.69) is 44.0 Å². The number of aromatic nitrogens is 2. The van der Waals surface area contributed by atoms with E-state index in [9.17, 15) is 0 Å². The van der Waals surface area contributed by atoms with Crippen LogP contribution in [0.25, 0.3) is 0 Å². The molecular weight excluding hydrogens is 328 g/mol. The maximum absolute atomic E-state index is 6.00. The Balaban J connectivity index is 1.43. The molecule has 1 atom stereocenters. The van der Waals surface area contributed by atoms with Crippen molar-refractivity contribution in [3.05, 3.63) is 36.0 Å². The smallest absolute Gasteiger partial charge is 0.222 e. The van der Waals surface area contributed by atoms with Crippen LogP contribution in [0.5, 0.6) is 0 Å². The molecule has 2 aromatic rings. The Bertz CT molecular complexity index is 753. The SMILES string of the molecule is Nc1ncc(N2CCN(c3cccc(C4CCCOC4)c3)CC2)c(N)n1. The van der Waals surface area contributed by atoms with Crippen molar-refractivity contribution in [2.24, 2.45) is 0 Å². The van der Waals surface area contributed by atoms with Gasteiger partial charge in [-0.25, -0.2) is 4.98 Å². The molecular formula is C19H26N6O. The minimum atomic E-state index is 0.216. The number of benzene rings is 1. The van der Waals surface area contributed by atoms with E-state index < -0.39 is 0 Å². The molecule has 0 saturated carbocycles. The first-order valence-corrected chi connectivity index (χ1v) is 9.26. The third-order valence-electron chi connectivity index (χ3n) is 5.30. The second-order valence-corrected chi connectivity index (χ2v) is 6.98. The number of ether oxygens (including phenoxy) is 1. The molecule has 1 aromatic heterocycles. The molecule has 0 radical (unpaired) electrons. The van der Waals surface area contributed by atoms with Gasteiger partial charge in [-0.15, -0.1) is 0 Å². The normalized spacial score (nSPS) is 21.0. The van der Waals surface area contributed by atoms with Crippen LogP contribution in [-0.2, 0) is 4.74 Å². The quantitative estimate of drug-likeness (QED) is 0.869. The van der Waals surface area contributed by atoms with Crippen LogP contribution in [-0.4, -0.2) is 49.4 Å². The summed E-state index contributed by atoms with van der Waals surface area (Å²) in [7, 11) is 0. The van der Waals surface area contributed by atoms with Crippen LogP contribution in [0.15, 0.2) is 30.5 Å². The van der Waals surface area contributed by atoms with Crippen molar-refractivity contribution >= 4 is 23.1 Å². The molecule has 1 unspecified atom stereocenters. The maximum Gasteiger partial charge on any atom is 0.222 e. The lowest BCUT2D eigenvalue weighted by molar-refractivity contribution is 0.0804. The van der Waals surface area contributed by atoms with E-state index in [0.29, 0.717) is 11.7 Å². The Morgan fingerprint density at radius 3 is 2.62 bits per heavy atom. The molecule has 7 heteroatoms. The Labute approximate surface area is 154 Å². The van der Waals surface area contributed by atoms with E-state index in [1.807, 2.05) is 0 Å². The molecule has 0 aliphatic carbocycles. The van der Waals surface area contributed by atoms with E-state index in [1.165, 1.54) is 17.7 Å². The summed E-state index contributed by atoms with van der Waals surface area (Å²) >= 11 is 0. The third-order valence-corrected chi connectivity index (χ3v) is 5.30. The fraction of sp³-hybridized carbons (Fsp3) is 0.474. The van der Waals surface area contributed by atoms with E-state index >= 15 is 0 Å². The molecule has 4 N–H and O–H groups in total. The number of nitrogens with two attached hydrogens (primary N) is 2. The number of piperazine rings is 1. The van der Waals surface area contributed by atoms with Gasteiger partial charge in [0, 0.05) is 44.4 Å². The first-order chi connectivity index (χ1) is 12.7. The van der Waals surface area contributed by atoms with Crippen molar-refractivity contribution in [2.45, 2.75) is 18.8 Å². The minimum Gasteiger partial charge on any atom is -0.382 e. The molecule has 0 amide bonds. The van der Waals surface area contributed by atoms with Crippen molar-refractivity contribution in [1.82, 2.24) is 9.97 Å². The van der Waals surface area contributed by atoms with E-state index in [0.717, 1.165) is 51.5 Å². The Morgan fingerprint density at radius 1 is 1.08 bits per heavy atom. The van der Waals surface area contributed by atoms with Crippen LogP contribution < -0.4 is 21.3 Å². The maximum atomic E-state index is 6.00. The number of hydrogen-bond acceptors (Lipinski definition) is 7. The van der Waals surface area contributed by atoms with Gasteiger partial charge < -0.3 is 26.0 Å². The molecule has 0 spiro atoms. The number of nitrogens with zero attached hydrogens (tertiary/aromatic N) is 4. The summed E-state index contributed by atoms with van der Waals surface area (Å²) in [6, 6.07) is 8.92. The molecule has 0 bridgehead atoms. The number of anilines is 4. The molecule has 2 aliphatic heterocycles. The van der Waals surface area contributed by atoms with Gasteiger partial charge in [0.15, 0.2) is 5.82 Å². The zero-order chi connectivity index (χ0) is 17.9. The van der Waals surface area contributed by atoms with Crippen LogP contribution in [0.2, 0.25) is 0 Å². The van der Waals surface area contributed by atoms with E-state index in [4.69, 9.17) is 16.2 Å². The molecule has 4 rings (SSSR count). The van der Waals surface area contributed by atoms with Gasteiger partial charge in [-0.1, -0.05) is 12.1 Å². The average molecular weight is 354 g/mol. The topological polar surface area (TPSA) is 93.5 Å². The Kier molecular flexibility index (Phi) is 4.79. The highest BCUT2D eigenvalue weighted by molar-refractivity contribution is 5.64. The fourth-order valence-electron chi connectivity index (χ4n) is 3.83. The third kappa shape index (κ3) is 3.53. The Morgan fingerprint density at radius 2 is 1.88 bits per heavy atom. The highest BCUT2D eigenvalue weighted by Gasteiger charge is 2.21. The zero-order valence-corrected chi connectivity index (χ0v) is 15.0. The lowest BCUT2D eigenvalue weighted by Gasteiger charge is -2.37. The molecule has 1 aromatic carbocycles. The highest BCUT2D eigenvalue weighted by Crippen LogP contribution is 2.29. The summed E-state index contributed by atoms with van der Waals surface area (Å²) in [5.74, 6) is 1.19. The fourth-order valence-corrected chi connectivity index (χ4v) is 3.83. The lowest BCUT2D eigenvalue weighted by atomic mass is 9.93.